The topological polar surface area (TPSA) is 92.0 Å². The van der Waals surface area contributed by atoms with E-state index in [1.54, 1.807) is 11.0 Å². The Balaban J connectivity index is 1.87. The second-order valence-corrected chi connectivity index (χ2v) is 5.60. The van der Waals surface area contributed by atoms with Gasteiger partial charge < -0.3 is 24.5 Å². The number of morpholine rings is 1. The van der Waals surface area contributed by atoms with Gasteiger partial charge in [-0.2, -0.15) is 0 Å². The third-order valence-electron chi connectivity index (χ3n) is 3.23. The number of ether oxygens (including phenoxy) is 1. The lowest BCUT2D eigenvalue weighted by atomic mass is 10.2. The van der Waals surface area contributed by atoms with Crippen LogP contribution in [-0.2, 0) is 9.53 Å². The molecule has 2 rings (SSSR count). The van der Waals surface area contributed by atoms with Crippen molar-refractivity contribution in [2.75, 3.05) is 26.3 Å². The number of nitrogens with zero attached hydrogens (tertiary/aromatic N) is 1. The van der Waals surface area contributed by atoms with Gasteiger partial charge in [-0.05, 0) is 35.0 Å². The lowest BCUT2D eigenvalue weighted by Crippen LogP contribution is -2.54. The molecule has 1 aliphatic heterocycles. The summed E-state index contributed by atoms with van der Waals surface area (Å²) in [6.45, 7) is 2.29. The summed E-state index contributed by atoms with van der Waals surface area (Å²) in [6, 6.07) is 3.03. The number of hydrogen-bond acceptors (Lipinski definition) is 5. The zero-order valence-electron chi connectivity index (χ0n) is 11.5. The first kappa shape index (κ1) is 16.0. The standard InChI is InChI=1S/C13H17BrN2O5/c1-8-7-20-9(6-17)5-16(8)12(18)4-15-13(19)10-2-3-11(14)21-10/h2-3,8-9,17H,4-7H2,1H3,(H,15,19). The number of carbonyl (C=O) groups is 2. The summed E-state index contributed by atoms with van der Waals surface area (Å²) in [4.78, 5) is 25.5. The van der Waals surface area contributed by atoms with Gasteiger partial charge in [-0.25, -0.2) is 0 Å². The Kier molecular flexibility index (Phi) is 5.38. The largest absolute Gasteiger partial charge is 0.444 e. The fourth-order valence-corrected chi connectivity index (χ4v) is 2.36. The maximum Gasteiger partial charge on any atom is 0.287 e. The maximum atomic E-state index is 12.1. The van der Waals surface area contributed by atoms with Crippen LogP contribution in [0.5, 0.6) is 0 Å². The van der Waals surface area contributed by atoms with Gasteiger partial charge in [-0.3, -0.25) is 9.59 Å². The molecule has 21 heavy (non-hydrogen) atoms. The predicted octanol–water partition coefficient (Wildman–Crippen LogP) is 0.380. The fourth-order valence-electron chi connectivity index (χ4n) is 2.06. The summed E-state index contributed by atoms with van der Waals surface area (Å²) in [5, 5.41) is 11.6. The predicted molar refractivity (Wildman–Crippen MR) is 76.7 cm³/mol. The SMILES string of the molecule is CC1COC(CO)CN1C(=O)CNC(=O)c1ccc(Br)o1. The van der Waals surface area contributed by atoms with Crippen LogP contribution in [0.2, 0.25) is 0 Å². The number of hydrogen-bond donors (Lipinski definition) is 2. The second-order valence-electron chi connectivity index (χ2n) is 4.82. The van der Waals surface area contributed by atoms with Gasteiger partial charge in [0.1, 0.15) is 0 Å². The first-order valence-corrected chi connectivity index (χ1v) is 7.36. The highest BCUT2D eigenvalue weighted by atomic mass is 79.9. The molecular formula is C13H17BrN2O5. The van der Waals surface area contributed by atoms with E-state index >= 15 is 0 Å². The molecule has 2 heterocycles. The Morgan fingerprint density at radius 2 is 2.29 bits per heavy atom. The molecular weight excluding hydrogens is 344 g/mol. The highest BCUT2D eigenvalue weighted by Crippen LogP contribution is 2.14. The lowest BCUT2D eigenvalue weighted by molar-refractivity contribution is -0.145. The van der Waals surface area contributed by atoms with Crippen molar-refractivity contribution < 1.29 is 23.8 Å². The van der Waals surface area contributed by atoms with Crippen LogP contribution in [0.3, 0.4) is 0 Å². The smallest absolute Gasteiger partial charge is 0.287 e. The molecule has 0 saturated carbocycles. The van der Waals surface area contributed by atoms with Crippen LogP contribution in [0.15, 0.2) is 21.2 Å². The number of aliphatic hydroxyl groups is 1. The van der Waals surface area contributed by atoms with Crippen LogP contribution in [0, 0.1) is 0 Å². The Bertz CT molecular complexity index is 518. The monoisotopic (exact) mass is 360 g/mol. The minimum absolute atomic E-state index is 0.0880. The zero-order valence-corrected chi connectivity index (χ0v) is 13.1. The quantitative estimate of drug-likeness (QED) is 0.809. The van der Waals surface area contributed by atoms with Crippen LogP contribution >= 0.6 is 15.9 Å². The summed E-state index contributed by atoms with van der Waals surface area (Å²) in [5.41, 5.74) is 0. The molecule has 2 atom stereocenters. The van der Waals surface area contributed by atoms with Gasteiger partial charge in [0.15, 0.2) is 10.4 Å². The van der Waals surface area contributed by atoms with E-state index in [1.165, 1.54) is 6.07 Å². The summed E-state index contributed by atoms with van der Waals surface area (Å²) >= 11 is 3.11. The third kappa shape index (κ3) is 4.05. The van der Waals surface area contributed by atoms with Gasteiger partial charge in [0.05, 0.1) is 31.9 Å². The molecule has 116 valence electrons. The molecule has 0 aliphatic carbocycles. The molecule has 1 fully saturated rings. The molecule has 2 amide bonds. The number of amides is 2. The molecule has 2 N–H and O–H groups in total. The average molecular weight is 361 g/mol. The molecule has 8 heteroatoms. The van der Waals surface area contributed by atoms with Crippen molar-refractivity contribution in [3.05, 3.63) is 22.6 Å². The van der Waals surface area contributed by atoms with E-state index < -0.39 is 5.91 Å². The van der Waals surface area contributed by atoms with E-state index in [0.29, 0.717) is 17.8 Å². The first-order valence-electron chi connectivity index (χ1n) is 6.56. The van der Waals surface area contributed by atoms with Crippen LogP contribution < -0.4 is 5.32 Å². The molecule has 7 nitrogen and oxygen atoms in total. The molecule has 0 aromatic carbocycles. The van der Waals surface area contributed by atoms with Gasteiger partial charge >= 0.3 is 0 Å². The molecule has 0 radical (unpaired) electrons. The second kappa shape index (κ2) is 7.06. The number of halogens is 1. The van der Waals surface area contributed by atoms with Crippen molar-refractivity contribution in [3.8, 4) is 0 Å². The first-order chi connectivity index (χ1) is 10.0. The van der Waals surface area contributed by atoms with Crippen molar-refractivity contribution in [1.29, 1.82) is 0 Å². The Labute approximate surface area is 130 Å². The number of carbonyl (C=O) groups excluding carboxylic acids is 2. The minimum atomic E-state index is -0.450. The van der Waals surface area contributed by atoms with Gasteiger partial charge in [0, 0.05) is 6.54 Å². The number of rotatable bonds is 4. The number of nitrogens with one attached hydrogen (secondary N) is 1. The van der Waals surface area contributed by atoms with Gasteiger partial charge in [-0.1, -0.05) is 0 Å². The maximum absolute atomic E-state index is 12.1. The molecule has 1 aromatic heterocycles. The third-order valence-corrected chi connectivity index (χ3v) is 3.65. The summed E-state index contributed by atoms with van der Waals surface area (Å²) in [7, 11) is 0. The van der Waals surface area contributed by atoms with Gasteiger partial charge in [0.2, 0.25) is 5.91 Å². The van der Waals surface area contributed by atoms with Crippen molar-refractivity contribution in [3.63, 3.8) is 0 Å². The molecule has 1 aliphatic rings. The van der Waals surface area contributed by atoms with Crippen LogP contribution in [0.1, 0.15) is 17.5 Å². The van der Waals surface area contributed by atoms with E-state index in [0.717, 1.165) is 0 Å². The summed E-state index contributed by atoms with van der Waals surface area (Å²) in [6.07, 6.45) is -0.373. The van der Waals surface area contributed by atoms with E-state index in [2.05, 4.69) is 21.2 Å². The van der Waals surface area contributed by atoms with Crippen LogP contribution in [0.4, 0.5) is 0 Å². The zero-order chi connectivity index (χ0) is 15.4. The van der Waals surface area contributed by atoms with Gasteiger partial charge in [-0.15, -0.1) is 0 Å². The van der Waals surface area contributed by atoms with E-state index in [4.69, 9.17) is 14.3 Å². The summed E-state index contributed by atoms with van der Waals surface area (Å²) in [5.74, 6) is -0.533. The Hall–Kier alpha value is -1.38. The van der Waals surface area contributed by atoms with Crippen LogP contribution in [0.25, 0.3) is 0 Å². The van der Waals surface area contributed by atoms with Crippen LogP contribution in [-0.4, -0.2) is 60.3 Å². The van der Waals surface area contributed by atoms with Crippen molar-refractivity contribution in [2.24, 2.45) is 0 Å². The van der Waals surface area contributed by atoms with Crippen molar-refractivity contribution >= 4 is 27.7 Å². The molecule has 1 saturated heterocycles. The van der Waals surface area contributed by atoms with Crippen molar-refractivity contribution in [1.82, 2.24) is 10.2 Å². The molecule has 0 bridgehead atoms. The molecule has 0 spiro atoms. The van der Waals surface area contributed by atoms with Crippen molar-refractivity contribution in [2.45, 2.75) is 19.1 Å². The number of furan rings is 1. The highest BCUT2D eigenvalue weighted by Gasteiger charge is 2.29. The normalized spacial score (nSPS) is 22.1. The Morgan fingerprint density at radius 3 is 2.90 bits per heavy atom. The molecule has 1 aromatic rings. The van der Waals surface area contributed by atoms with E-state index in [1.807, 2.05) is 6.92 Å². The number of aliphatic hydroxyl groups excluding tert-OH is 1. The lowest BCUT2D eigenvalue weighted by Gasteiger charge is -2.37. The minimum Gasteiger partial charge on any atom is -0.444 e. The van der Waals surface area contributed by atoms with E-state index in [-0.39, 0.29) is 37.0 Å². The Morgan fingerprint density at radius 1 is 1.52 bits per heavy atom. The molecule has 2 unspecified atom stereocenters. The van der Waals surface area contributed by atoms with Gasteiger partial charge in [0.25, 0.3) is 5.91 Å². The van der Waals surface area contributed by atoms with E-state index in [9.17, 15) is 9.59 Å². The summed E-state index contributed by atoms with van der Waals surface area (Å²) < 4.78 is 10.9. The fraction of sp³-hybridized carbons (Fsp3) is 0.538. The highest BCUT2D eigenvalue weighted by molar-refractivity contribution is 9.10. The average Bonchev–Trinajstić information content (AvgIpc) is 2.91.